The summed E-state index contributed by atoms with van der Waals surface area (Å²) in [4.78, 5) is 0. The number of hydrogen-bond acceptors (Lipinski definition) is 2. The molecular formula is C29H27ClO2. The Kier molecular flexibility index (Phi) is 7.60. The summed E-state index contributed by atoms with van der Waals surface area (Å²) in [6.45, 7) is 2.89. The van der Waals surface area contributed by atoms with Gasteiger partial charge < -0.3 is 9.47 Å². The molecule has 0 aromatic heterocycles. The summed E-state index contributed by atoms with van der Waals surface area (Å²) in [7, 11) is 0. The Morgan fingerprint density at radius 3 is 1.66 bits per heavy atom. The molecule has 0 fully saturated rings. The van der Waals surface area contributed by atoms with Crippen molar-refractivity contribution in [2.75, 3.05) is 13.2 Å². The molecule has 0 amide bonds. The average molecular weight is 443 g/mol. The Labute approximate surface area is 195 Å². The van der Waals surface area contributed by atoms with Gasteiger partial charge in [-0.05, 0) is 16.7 Å². The molecule has 0 spiro atoms. The monoisotopic (exact) mass is 442 g/mol. The molecule has 0 heterocycles. The number of para-hydroxylation sites is 1. The van der Waals surface area contributed by atoms with E-state index in [9.17, 15) is 0 Å². The first-order valence-electron chi connectivity index (χ1n) is 10.9. The number of rotatable bonds is 9. The highest BCUT2D eigenvalue weighted by molar-refractivity contribution is 6.20. The molecular weight excluding hydrogens is 416 g/mol. The maximum absolute atomic E-state index is 6.52. The van der Waals surface area contributed by atoms with Gasteiger partial charge >= 0.3 is 0 Å². The van der Waals surface area contributed by atoms with E-state index < -0.39 is 5.56 Å². The van der Waals surface area contributed by atoms with Crippen molar-refractivity contribution in [1.29, 1.82) is 0 Å². The highest BCUT2D eigenvalue weighted by Gasteiger charge is 2.17. The largest absolute Gasteiger partial charge is 0.490 e. The first-order chi connectivity index (χ1) is 15.7. The van der Waals surface area contributed by atoms with Gasteiger partial charge in [0.15, 0.2) is 0 Å². The van der Waals surface area contributed by atoms with Crippen LogP contribution in [0.25, 0.3) is 22.3 Å². The van der Waals surface area contributed by atoms with Gasteiger partial charge in [-0.3, -0.25) is 0 Å². The van der Waals surface area contributed by atoms with Gasteiger partial charge in [0, 0.05) is 17.0 Å². The molecule has 3 heteroatoms. The SMILES string of the molecule is CC(c1ccccc1)C(Cl)OCCOc1c(-c2ccccc2)cccc1-c1ccccc1. The van der Waals surface area contributed by atoms with Crippen molar-refractivity contribution in [2.45, 2.75) is 18.4 Å². The summed E-state index contributed by atoms with van der Waals surface area (Å²) in [6, 6.07) is 37.1. The van der Waals surface area contributed by atoms with E-state index in [0.29, 0.717) is 13.2 Å². The maximum atomic E-state index is 6.52. The smallest absolute Gasteiger partial charge is 0.137 e. The number of halogens is 1. The van der Waals surface area contributed by atoms with Gasteiger partial charge in [-0.15, -0.1) is 0 Å². The molecule has 0 radical (unpaired) electrons. The van der Waals surface area contributed by atoms with Gasteiger partial charge in [0.25, 0.3) is 0 Å². The molecule has 2 atom stereocenters. The molecule has 2 unspecified atom stereocenters. The normalized spacial score (nSPS) is 12.8. The lowest BCUT2D eigenvalue weighted by molar-refractivity contribution is 0.0677. The van der Waals surface area contributed by atoms with E-state index in [2.05, 4.69) is 61.5 Å². The van der Waals surface area contributed by atoms with Crippen molar-refractivity contribution >= 4 is 11.6 Å². The van der Waals surface area contributed by atoms with Gasteiger partial charge in [-0.1, -0.05) is 128 Å². The van der Waals surface area contributed by atoms with Crippen molar-refractivity contribution < 1.29 is 9.47 Å². The van der Waals surface area contributed by atoms with Gasteiger partial charge in [-0.2, -0.15) is 0 Å². The lowest BCUT2D eigenvalue weighted by Gasteiger charge is -2.20. The van der Waals surface area contributed by atoms with E-state index in [4.69, 9.17) is 21.1 Å². The molecule has 4 aromatic carbocycles. The van der Waals surface area contributed by atoms with Gasteiger partial charge in [0.2, 0.25) is 0 Å². The standard InChI is InChI=1S/C29H27ClO2/c1-22(23-12-5-2-6-13-23)29(30)32-21-20-31-28-26(24-14-7-3-8-15-24)18-11-19-27(28)25-16-9-4-10-17-25/h2-19,22,29H,20-21H2,1H3. The van der Waals surface area contributed by atoms with Gasteiger partial charge in [0.05, 0.1) is 6.61 Å². The number of ether oxygens (including phenoxy) is 2. The van der Waals surface area contributed by atoms with E-state index in [1.54, 1.807) is 0 Å². The zero-order valence-corrected chi connectivity index (χ0v) is 18.9. The van der Waals surface area contributed by atoms with E-state index in [1.807, 2.05) is 54.6 Å². The lowest BCUT2D eigenvalue weighted by atomic mass is 9.97. The summed E-state index contributed by atoms with van der Waals surface area (Å²) in [5.74, 6) is 0.949. The molecule has 0 aliphatic carbocycles. The zero-order valence-electron chi connectivity index (χ0n) is 18.2. The molecule has 32 heavy (non-hydrogen) atoms. The molecule has 0 aliphatic rings. The Morgan fingerprint density at radius 1 is 0.625 bits per heavy atom. The number of alkyl halides is 1. The van der Waals surface area contributed by atoms with E-state index >= 15 is 0 Å². The molecule has 4 rings (SSSR count). The van der Waals surface area contributed by atoms with Crippen LogP contribution in [-0.2, 0) is 4.74 Å². The van der Waals surface area contributed by atoms with Crippen LogP contribution in [0.2, 0.25) is 0 Å². The summed E-state index contributed by atoms with van der Waals surface area (Å²) in [5, 5.41) is 0. The molecule has 162 valence electrons. The summed E-state index contributed by atoms with van der Waals surface area (Å²) in [6.07, 6.45) is 0. The highest BCUT2D eigenvalue weighted by atomic mass is 35.5. The lowest BCUT2D eigenvalue weighted by Crippen LogP contribution is -2.18. The van der Waals surface area contributed by atoms with E-state index in [1.165, 1.54) is 0 Å². The molecule has 4 aromatic rings. The minimum Gasteiger partial charge on any atom is -0.490 e. The fourth-order valence-electron chi connectivity index (χ4n) is 3.74. The molecule has 0 saturated heterocycles. The third-order valence-electron chi connectivity index (χ3n) is 5.51. The number of hydrogen-bond donors (Lipinski definition) is 0. The van der Waals surface area contributed by atoms with Crippen LogP contribution in [-0.4, -0.2) is 18.8 Å². The van der Waals surface area contributed by atoms with E-state index in [0.717, 1.165) is 33.6 Å². The Bertz CT molecular complexity index is 1040. The summed E-state index contributed by atoms with van der Waals surface area (Å²) >= 11 is 6.52. The Morgan fingerprint density at radius 2 is 1.12 bits per heavy atom. The van der Waals surface area contributed by atoms with Crippen LogP contribution in [0.15, 0.2) is 109 Å². The predicted molar refractivity (Wildman–Crippen MR) is 133 cm³/mol. The van der Waals surface area contributed by atoms with Crippen LogP contribution in [0.4, 0.5) is 0 Å². The molecule has 0 N–H and O–H groups in total. The van der Waals surface area contributed by atoms with Crippen molar-refractivity contribution in [3.8, 4) is 28.0 Å². The Hall–Kier alpha value is -3.07. The topological polar surface area (TPSA) is 18.5 Å². The average Bonchev–Trinajstić information content (AvgIpc) is 2.87. The second kappa shape index (κ2) is 11.0. The fraction of sp³-hybridized carbons (Fsp3) is 0.172. The minimum absolute atomic E-state index is 0.0920. The fourth-order valence-corrected chi connectivity index (χ4v) is 3.97. The first-order valence-corrected chi connectivity index (χ1v) is 11.3. The third kappa shape index (κ3) is 5.40. The van der Waals surface area contributed by atoms with Crippen molar-refractivity contribution in [3.63, 3.8) is 0 Å². The Balaban J connectivity index is 1.50. The quantitative estimate of drug-likeness (QED) is 0.194. The van der Waals surface area contributed by atoms with Crippen LogP contribution in [0, 0.1) is 0 Å². The van der Waals surface area contributed by atoms with Crippen LogP contribution in [0.1, 0.15) is 18.4 Å². The molecule has 0 bridgehead atoms. The molecule has 2 nitrogen and oxygen atoms in total. The van der Waals surface area contributed by atoms with Crippen molar-refractivity contribution in [2.24, 2.45) is 0 Å². The van der Waals surface area contributed by atoms with Crippen molar-refractivity contribution in [1.82, 2.24) is 0 Å². The van der Waals surface area contributed by atoms with E-state index in [-0.39, 0.29) is 5.92 Å². The second-order valence-corrected chi connectivity index (χ2v) is 8.11. The molecule has 0 saturated carbocycles. The first kappa shape index (κ1) is 22.1. The highest BCUT2D eigenvalue weighted by Crippen LogP contribution is 2.39. The van der Waals surface area contributed by atoms with Gasteiger partial charge in [0.1, 0.15) is 17.9 Å². The number of benzene rings is 4. The molecule has 0 aliphatic heterocycles. The van der Waals surface area contributed by atoms with Crippen LogP contribution < -0.4 is 4.74 Å². The second-order valence-electron chi connectivity index (χ2n) is 7.68. The predicted octanol–water partition coefficient (Wildman–Crippen LogP) is 7.78. The maximum Gasteiger partial charge on any atom is 0.137 e. The zero-order chi connectivity index (χ0) is 22.2. The van der Waals surface area contributed by atoms with Crippen LogP contribution >= 0.6 is 11.6 Å². The summed E-state index contributed by atoms with van der Waals surface area (Å²) in [5.41, 5.74) is 5.11. The summed E-state index contributed by atoms with van der Waals surface area (Å²) < 4.78 is 12.2. The van der Waals surface area contributed by atoms with Crippen molar-refractivity contribution in [3.05, 3.63) is 115 Å². The minimum atomic E-state index is -0.418. The third-order valence-corrected chi connectivity index (χ3v) is 6.01. The van der Waals surface area contributed by atoms with Crippen LogP contribution in [0.5, 0.6) is 5.75 Å². The van der Waals surface area contributed by atoms with Gasteiger partial charge in [-0.25, -0.2) is 0 Å². The van der Waals surface area contributed by atoms with Crippen LogP contribution in [0.3, 0.4) is 0 Å².